The topological polar surface area (TPSA) is 46.4 Å². The molecule has 0 radical (unpaired) electrons. The molecule has 2 heterocycles. The first-order valence-electron chi connectivity index (χ1n) is 8.96. The van der Waals surface area contributed by atoms with Crippen molar-refractivity contribution in [1.29, 1.82) is 0 Å². The number of fused-ring (bicyclic) bond motifs is 1. The first-order chi connectivity index (χ1) is 14.1. The van der Waals surface area contributed by atoms with Crippen LogP contribution in [0.5, 0.6) is 0 Å². The van der Waals surface area contributed by atoms with Crippen LogP contribution in [-0.4, -0.2) is 16.7 Å². The van der Waals surface area contributed by atoms with Crippen LogP contribution in [0.2, 0.25) is 10.0 Å². The van der Waals surface area contributed by atoms with E-state index >= 15 is 0 Å². The number of carbonyl (C=O) groups excluding carboxylic acids is 1. The second kappa shape index (κ2) is 8.82. The summed E-state index contributed by atoms with van der Waals surface area (Å²) < 4.78 is 2.11. The maximum absolute atomic E-state index is 12.0. The lowest BCUT2D eigenvalue weighted by atomic mass is 10.2. The van der Waals surface area contributed by atoms with Crippen LogP contribution in [0.4, 0.5) is 0 Å². The van der Waals surface area contributed by atoms with Crippen LogP contribution in [0, 0.1) is 0 Å². The minimum Gasteiger partial charge on any atom is -0.342 e. The Hall–Kier alpha value is -2.60. The third-order valence-corrected chi connectivity index (χ3v) is 5.95. The van der Waals surface area contributed by atoms with Crippen LogP contribution in [0.15, 0.2) is 71.3 Å². The summed E-state index contributed by atoms with van der Waals surface area (Å²) in [6.07, 6.45) is 4.00. The van der Waals surface area contributed by atoms with E-state index in [9.17, 15) is 4.79 Å². The van der Waals surface area contributed by atoms with Gasteiger partial charge in [-0.2, -0.15) is 5.10 Å². The van der Waals surface area contributed by atoms with Crippen LogP contribution in [0.25, 0.3) is 10.9 Å². The van der Waals surface area contributed by atoms with E-state index in [1.54, 1.807) is 23.6 Å². The van der Waals surface area contributed by atoms with Crippen molar-refractivity contribution in [2.45, 2.75) is 13.0 Å². The highest BCUT2D eigenvalue weighted by atomic mass is 35.5. The van der Waals surface area contributed by atoms with E-state index in [-0.39, 0.29) is 5.91 Å². The van der Waals surface area contributed by atoms with E-state index in [0.717, 1.165) is 26.9 Å². The van der Waals surface area contributed by atoms with Gasteiger partial charge in [-0.1, -0.05) is 53.5 Å². The average molecular weight is 442 g/mol. The van der Waals surface area contributed by atoms with E-state index in [0.29, 0.717) is 23.0 Å². The summed E-state index contributed by atoms with van der Waals surface area (Å²) in [4.78, 5) is 13.0. The molecular weight excluding hydrogens is 425 g/mol. The number of thiophene rings is 1. The molecule has 0 bridgehead atoms. The van der Waals surface area contributed by atoms with Gasteiger partial charge in [-0.05, 0) is 35.2 Å². The van der Waals surface area contributed by atoms with Gasteiger partial charge in [0.05, 0.1) is 12.6 Å². The predicted octanol–water partition coefficient (Wildman–Crippen LogP) is 5.75. The van der Waals surface area contributed by atoms with Crippen molar-refractivity contribution in [1.82, 2.24) is 9.99 Å². The molecule has 2 aromatic heterocycles. The van der Waals surface area contributed by atoms with Crippen LogP contribution >= 0.6 is 34.5 Å². The monoisotopic (exact) mass is 441 g/mol. The Labute approximate surface area is 182 Å². The number of hydrogen-bond donors (Lipinski definition) is 1. The summed E-state index contributed by atoms with van der Waals surface area (Å²) in [5.74, 6) is -0.139. The van der Waals surface area contributed by atoms with E-state index in [1.165, 1.54) is 0 Å². The minimum absolute atomic E-state index is 0.139. The molecule has 4 aromatic rings. The summed E-state index contributed by atoms with van der Waals surface area (Å²) in [5.41, 5.74) is 5.56. The molecule has 0 spiro atoms. The minimum atomic E-state index is -0.139. The Kier molecular flexibility index (Phi) is 6.00. The summed E-state index contributed by atoms with van der Waals surface area (Å²) >= 11 is 13.9. The molecule has 29 heavy (non-hydrogen) atoms. The number of benzene rings is 2. The van der Waals surface area contributed by atoms with Gasteiger partial charge >= 0.3 is 0 Å². The van der Waals surface area contributed by atoms with Crippen LogP contribution in [0.1, 0.15) is 16.0 Å². The fraction of sp³-hybridized carbons (Fsp3) is 0.0909. The van der Waals surface area contributed by atoms with E-state index in [1.807, 2.05) is 60.1 Å². The second-order valence-corrected chi connectivity index (χ2v) is 8.39. The highest BCUT2D eigenvalue weighted by Crippen LogP contribution is 2.25. The maximum atomic E-state index is 12.0. The molecule has 1 amide bonds. The number of amides is 1. The lowest BCUT2D eigenvalue weighted by molar-refractivity contribution is -0.120. The van der Waals surface area contributed by atoms with Gasteiger partial charge < -0.3 is 4.57 Å². The molecule has 4 rings (SSSR count). The Bertz CT molecular complexity index is 1180. The van der Waals surface area contributed by atoms with Gasteiger partial charge in [-0.25, -0.2) is 5.43 Å². The van der Waals surface area contributed by atoms with Crippen molar-refractivity contribution in [2.24, 2.45) is 5.10 Å². The van der Waals surface area contributed by atoms with Crippen LogP contribution in [-0.2, 0) is 17.8 Å². The smallest absolute Gasteiger partial charge is 0.245 e. The first-order valence-corrected chi connectivity index (χ1v) is 10.6. The van der Waals surface area contributed by atoms with Crippen molar-refractivity contribution in [3.8, 4) is 0 Å². The average Bonchev–Trinajstić information content (AvgIpc) is 3.33. The SMILES string of the molecule is O=C(Cc1cccs1)N/N=C\c1cn(Cc2ccc(Cl)cc2Cl)c2ccccc12. The zero-order chi connectivity index (χ0) is 20.2. The van der Waals surface area contributed by atoms with Crippen LogP contribution in [0.3, 0.4) is 0 Å². The summed E-state index contributed by atoms with van der Waals surface area (Å²) in [6, 6.07) is 17.4. The van der Waals surface area contributed by atoms with Crippen molar-refractivity contribution >= 4 is 57.6 Å². The van der Waals surface area contributed by atoms with E-state index in [4.69, 9.17) is 23.2 Å². The number of para-hydroxylation sites is 1. The molecule has 7 heteroatoms. The Morgan fingerprint density at radius 3 is 2.79 bits per heavy atom. The first kappa shape index (κ1) is 19.7. The molecule has 0 fully saturated rings. The Morgan fingerprint density at radius 2 is 2.00 bits per heavy atom. The fourth-order valence-corrected chi connectivity index (χ4v) is 4.30. The molecule has 1 N–H and O–H groups in total. The van der Waals surface area contributed by atoms with Crippen molar-refractivity contribution in [3.63, 3.8) is 0 Å². The number of hydrogen-bond acceptors (Lipinski definition) is 3. The highest BCUT2D eigenvalue weighted by molar-refractivity contribution is 7.10. The third kappa shape index (κ3) is 4.70. The highest BCUT2D eigenvalue weighted by Gasteiger charge is 2.09. The molecule has 0 atom stereocenters. The lowest BCUT2D eigenvalue weighted by Crippen LogP contribution is -2.19. The van der Waals surface area contributed by atoms with Gasteiger partial charge in [-0.15, -0.1) is 11.3 Å². The Morgan fingerprint density at radius 1 is 1.14 bits per heavy atom. The lowest BCUT2D eigenvalue weighted by Gasteiger charge is -2.08. The third-order valence-electron chi connectivity index (χ3n) is 4.48. The van der Waals surface area contributed by atoms with Crippen molar-refractivity contribution in [2.75, 3.05) is 0 Å². The van der Waals surface area contributed by atoms with Gasteiger partial charge in [0.1, 0.15) is 0 Å². The fourth-order valence-electron chi connectivity index (χ4n) is 3.13. The molecule has 0 aliphatic rings. The zero-order valence-corrected chi connectivity index (χ0v) is 17.6. The summed E-state index contributed by atoms with van der Waals surface area (Å²) in [6.45, 7) is 0.606. The molecular formula is C22H17Cl2N3OS. The summed E-state index contributed by atoms with van der Waals surface area (Å²) in [5, 5.41) is 8.39. The van der Waals surface area contributed by atoms with Gasteiger partial charge in [0.25, 0.3) is 0 Å². The maximum Gasteiger partial charge on any atom is 0.245 e. The standard InChI is InChI=1S/C22H17Cl2N3OS/c23-17-8-7-15(20(24)10-17)13-27-14-16(19-5-1-2-6-21(19)27)12-25-26-22(28)11-18-4-3-9-29-18/h1-10,12,14H,11,13H2,(H,26,28)/b25-12-. The van der Waals surface area contributed by atoms with E-state index in [2.05, 4.69) is 15.1 Å². The van der Waals surface area contributed by atoms with Gasteiger partial charge in [0.2, 0.25) is 5.91 Å². The molecule has 0 saturated heterocycles. The number of nitrogens with zero attached hydrogens (tertiary/aromatic N) is 2. The number of halogens is 2. The Balaban J connectivity index is 1.54. The quantitative estimate of drug-likeness (QED) is 0.300. The summed E-state index contributed by atoms with van der Waals surface area (Å²) in [7, 11) is 0. The second-order valence-electron chi connectivity index (χ2n) is 6.51. The molecule has 0 unspecified atom stereocenters. The normalized spacial score (nSPS) is 11.4. The van der Waals surface area contributed by atoms with Gasteiger partial charge in [0, 0.05) is 44.1 Å². The van der Waals surface area contributed by atoms with Gasteiger partial charge in [-0.3, -0.25) is 4.79 Å². The number of aromatic nitrogens is 1. The molecule has 0 saturated carbocycles. The molecule has 4 nitrogen and oxygen atoms in total. The largest absolute Gasteiger partial charge is 0.342 e. The van der Waals surface area contributed by atoms with Gasteiger partial charge in [0.15, 0.2) is 0 Å². The number of nitrogens with one attached hydrogen (secondary N) is 1. The van der Waals surface area contributed by atoms with Crippen molar-refractivity contribution < 1.29 is 4.79 Å². The number of hydrazone groups is 1. The number of rotatable bonds is 6. The number of carbonyl (C=O) groups is 1. The van der Waals surface area contributed by atoms with Crippen LogP contribution < -0.4 is 5.43 Å². The zero-order valence-electron chi connectivity index (χ0n) is 15.3. The predicted molar refractivity (Wildman–Crippen MR) is 121 cm³/mol. The molecule has 2 aromatic carbocycles. The molecule has 0 aliphatic carbocycles. The van der Waals surface area contributed by atoms with E-state index < -0.39 is 0 Å². The molecule has 146 valence electrons. The molecule has 0 aliphatic heterocycles. The van der Waals surface area contributed by atoms with Crippen molar-refractivity contribution in [3.05, 3.63) is 92.2 Å².